The van der Waals surface area contributed by atoms with E-state index in [0.717, 1.165) is 31.2 Å². The van der Waals surface area contributed by atoms with Crippen LogP contribution in [0.4, 0.5) is 37.2 Å². The Kier molecular flexibility index (Phi) is 8.57. The van der Waals surface area contributed by atoms with Gasteiger partial charge in [-0.05, 0) is 136 Å². The van der Waals surface area contributed by atoms with Gasteiger partial charge in [0.2, 0.25) is 0 Å². The summed E-state index contributed by atoms with van der Waals surface area (Å²) in [5.41, 5.74) is 15.4. The Labute approximate surface area is 370 Å². The smallest absolute Gasteiger partial charge is 0.264 e. The van der Waals surface area contributed by atoms with E-state index in [4.69, 9.17) is 0 Å². The Hall–Kier alpha value is -5.20. The lowest BCUT2D eigenvalue weighted by Crippen LogP contribution is -2.64. The fraction of sp³-hybridized carbons (Fsp3) is 0.321. The Morgan fingerprint density at radius 2 is 1.27 bits per heavy atom. The fourth-order valence-corrected chi connectivity index (χ4v) is 13.4. The molecule has 1 aliphatic carbocycles. The van der Waals surface area contributed by atoms with E-state index in [-0.39, 0.29) is 40.1 Å². The molecule has 6 heteroatoms. The lowest BCUT2D eigenvalue weighted by Gasteiger charge is -2.52. The summed E-state index contributed by atoms with van der Waals surface area (Å²) in [4.78, 5) is 5.32. The van der Waals surface area contributed by atoms with Gasteiger partial charge in [-0.2, -0.15) is 0 Å². The van der Waals surface area contributed by atoms with Gasteiger partial charge >= 0.3 is 0 Å². The van der Waals surface area contributed by atoms with E-state index in [1.807, 2.05) is 35.6 Å². The average molecular weight is 837 g/mol. The van der Waals surface area contributed by atoms with Crippen molar-refractivity contribution in [3.63, 3.8) is 0 Å². The Bertz CT molecular complexity index is 2940. The number of fused-ring (bicyclic) bond motifs is 9. The van der Waals surface area contributed by atoms with Crippen LogP contribution in [-0.2, 0) is 16.2 Å². The first-order chi connectivity index (χ1) is 29.5. The quantitative estimate of drug-likeness (QED) is 0.129. The minimum atomic E-state index is -0.622. The zero-order valence-corrected chi connectivity index (χ0v) is 38.3. The molecule has 312 valence electrons. The van der Waals surface area contributed by atoms with E-state index in [1.54, 1.807) is 12.1 Å². The van der Waals surface area contributed by atoms with Crippen LogP contribution in [0, 0.1) is 18.6 Å². The summed E-state index contributed by atoms with van der Waals surface area (Å²) in [7, 11) is 0. The standard InChI is InChI=1S/C56H55BF2N2S/c1-33-30-44-49-45(31-33)61-51-41(57(49)52-50(40-32-35(54(5,6)7)22-27-46(40)62-52)60(44)36-23-20-34(21-24-36)53(2,3)4)26-25-39(48(51)55(8)28-14-15-29-56(55,61)9)47(37-16-10-12-18-42(37)58)38-17-11-13-19-43(38)59/h10-13,16-27,30-32,47H,14-15,28-29H2,1-9H3. The molecule has 0 amide bonds. The van der Waals surface area contributed by atoms with Crippen LogP contribution in [0.5, 0.6) is 0 Å². The van der Waals surface area contributed by atoms with Crippen molar-refractivity contribution in [1.82, 2.24) is 0 Å². The van der Waals surface area contributed by atoms with Crippen LogP contribution in [0.25, 0.3) is 10.1 Å². The Morgan fingerprint density at radius 3 is 1.92 bits per heavy atom. The van der Waals surface area contributed by atoms with E-state index in [1.165, 1.54) is 88.6 Å². The molecule has 0 spiro atoms. The second kappa shape index (κ2) is 13.4. The second-order valence-electron chi connectivity index (χ2n) is 21.2. The maximum Gasteiger partial charge on any atom is 0.264 e. The van der Waals surface area contributed by atoms with Crippen LogP contribution in [0.15, 0.2) is 115 Å². The topological polar surface area (TPSA) is 6.48 Å². The van der Waals surface area contributed by atoms with Crippen molar-refractivity contribution in [2.24, 2.45) is 0 Å². The molecule has 11 rings (SSSR count). The molecule has 7 aromatic rings. The highest BCUT2D eigenvalue weighted by molar-refractivity contribution is 7.33. The molecule has 0 saturated heterocycles. The Morgan fingerprint density at radius 1 is 0.661 bits per heavy atom. The lowest BCUT2D eigenvalue weighted by molar-refractivity contribution is 0.194. The number of hydrogen-bond acceptors (Lipinski definition) is 3. The van der Waals surface area contributed by atoms with Gasteiger partial charge in [0, 0.05) is 48.9 Å². The van der Waals surface area contributed by atoms with Crippen molar-refractivity contribution < 1.29 is 8.78 Å². The first kappa shape index (κ1) is 39.6. The molecule has 3 aliphatic heterocycles. The number of aryl methyl sites for hydroxylation is 1. The van der Waals surface area contributed by atoms with Crippen LogP contribution in [0.3, 0.4) is 0 Å². The average Bonchev–Trinajstić information content (AvgIpc) is 3.71. The van der Waals surface area contributed by atoms with Gasteiger partial charge in [-0.25, -0.2) is 8.78 Å². The summed E-state index contributed by atoms with van der Waals surface area (Å²) in [6, 6.07) is 39.9. The monoisotopic (exact) mass is 836 g/mol. The van der Waals surface area contributed by atoms with E-state index in [0.29, 0.717) is 11.1 Å². The van der Waals surface area contributed by atoms with Crippen molar-refractivity contribution in [1.29, 1.82) is 0 Å². The molecular weight excluding hydrogens is 782 g/mol. The summed E-state index contributed by atoms with van der Waals surface area (Å²) in [6.07, 6.45) is 4.26. The molecule has 4 aliphatic rings. The number of halogens is 2. The largest absolute Gasteiger partial charge is 0.335 e. The highest BCUT2D eigenvalue weighted by Crippen LogP contribution is 2.64. The van der Waals surface area contributed by atoms with E-state index < -0.39 is 5.92 Å². The third-order valence-corrected chi connectivity index (χ3v) is 16.7. The molecule has 0 N–H and O–H groups in total. The molecule has 2 nitrogen and oxygen atoms in total. The summed E-state index contributed by atoms with van der Waals surface area (Å²) in [5, 5.41) is 1.29. The van der Waals surface area contributed by atoms with Crippen molar-refractivity contribution >= 4 is 72.3 Å². The number of nitrogens with zero attached hydrogens (tertiary/aromatic N) is 2. The number of benzene rings is 6. The second-order valence-corrected chi connectivity index (χ2v) is 22.2. The van der Waals surface area contributed by atoms with Gasteiger partial charge in [-0.15, -0.1) is 11.3 Å². The van der Waals surface area contributed by atoms with Crippen LogP contribution in [0.1, 0.15) is 126 Å². The van der Waals surface area contributed by atoms with Gasteiger partial charge in [0.1, 0.15) is 11.6 Å². The van der Waals surface area contributed by atoms with Crippen LogP contribution >= 0.6 is 11.3 Å². The van der Waals surface area contributed by atoms with Gasteiger partial charge in [0.25, 0.3) is 6.71 Å². The maximum absolute atomic E-state index is 16.3. The van der Waals surface area contributed by atoms with Crippen molar-refractivity contribution in [2.45, 2.75) is 116 Å². The third-order valence-electron chi connectivity index (χ3n) is 15.4. The molecule has 0 radical (unpaired) electrons. The fourth-order valence-electron chi connectivity index (χ4n) is 12.1. The molecule has 2 atom stereocenters. The van der Waals surface area contributed by atoms with Crippen molar-refractivity contribution in [3.8, 4) is 0 Å². The summed E-state index contributed by atoms with van der Waals surface area (Å²) < 4.78 is 35.3. The first-order valence-electron chi connectivity index (χ1n) is 22.6. The minimum absolute atomic E-state index is 0.0191. The molecule has 1 aromatic heterocycles. The maximum atomic E-state index is 16.3. The van der Waals surface area contributed by atoms with Gasteiger partial charge in [-0.1, -0.05) is 128 Å². The predicted octanol–water partition coefficient (Wildman–Crippen LogP) is 13.6. The molecule has 1 fully saturated rings. The number of anilines is 5. The predicted molar refractivity (Wildman–Crippen MR) is 260 cm³/mol. The number of hydrogen-bond donors (Lipinski definition) is 0. The molecule has 2 unspecified atom stereocenters. The summed E-state index contributed by atoms with van der Waals surface area (Å²) >= 11 is 1.93. The SMILES string of the molecule is Cc1cc2c3c(c1)N1c4c(ccc(C(c5ccccc5F)c5ccccc5F)c4C4(C)CCCCC14C)B3c1sc3ccc(C(C)(C)C)cc3c1N2c1ccc(C(C)(C)C)cc1. The normalized spacial score (nSPS) is 20.1. The number of thiophene rings is 1. The van der Waals surface area contributed by atoms with E-state index in [9.17, 15) is 0 Å². The number of rotatable bonds is 4. The summed E-state index contributed by atoms with van der Waals surface area (Å²) in [5.74, 6) is -1.24. The van der Waals surface area contributed by atoms with Gasteiger partial charge in [-0.3, -0.25) is 0 Å². The van der Waals surface area contributed by atoms with E-state index in [2.05, 4.69) is 139 Å². The van der Waals surface area contributed by atoms with Crippen LogP contribution < -0.4 is 25.5 Å². The van der Waals surface area contributed by atoms with Gasteiger partial charge in [0.15, 0.2) is 0 Å². The first-order valence-corrected chi connectivity index (χ1v) is 23.4. The zero-order chi connectivity index (χ0) is 43.2. The molecule has 1 saturated carbocycles. The van der Waals surface area contributed by atoms with Crippen LogP contribution in [0.2, 0.25) is 0 Å². The van der Waals surface area contributed by atoms with Crippen molar-refractivity contribution in [3.05, 3.63) is 166 Å². The highest BCUT2D eigenvalue weighted by Gasteiger charge is 2.62. The molecule has 62 heavy (non-hydrogen) atoms. The third kappa shape index (κ3) is 5.44. The Balaban J connectivity index is 1.25. The molecule has 0 bridgehead atoms. The molecular formula is C56H55BF2N2S. The lowest BCUT2D eigenvalue weighted by atomic mass is 9.36. The highest BCUT2D eigenvalue weighted by atomic mass is 32.1. The van der Waals surface area contributed by atoms with Crippen molar-refractivity contribution in [2.75, 3.05) is 9.80 Å². The molecule has 6 aromatic carbocycles. The molecule has 4 heterocycles. The van der Waals surface area contributed by atoms with Gasteiger partial charge < -0.3 is 9.80 Å². The zero-order valence-electron chi connectivity index (χ0n) is 37.5. The van der Waals surface area contributed by atoms with Crippen LogP contribution in [-0.4, -0.2) is 12.3 Å². The summed E-state index contributed by atoms with van der Waals surface area (Å²) in [6.45, 7) is 20.9. The van der Waals surface area contributed by atoms with Gasteiger partial charge in [0.05, 0.1) is 11.2 Å². The van der Waals surface area contributed by atoms with E-state index >= 15 is 8.78 Å². The minimum Gasteiger partial charge on any atom is -0.335 e.